The van der Waals surface area contributed by atoms with Crippen molar-refractivity contribution in [3.8, 4) is 0 Å². The van der Waals surface area contributed by atoms with E-state index in [0.717, 1.165) is 0 Å². The van der Waals surface area contributed by atoms with E-state index in [1.807, 2.05) is 0 Å². The smallest absolute Gasteiger partial charge is 0.0456 e. The molecule has 0 aromatic rings. The van der Waals surface area contributed by atoms with Gasteiger partial charge in [0.2, 0.25) is 0 Å². The summed E-state index contributed by atoms with van der Waals surface area (Å²) >= 11 is 0. The van der Waals surface area contributed by atoms with Gasteiger partial charge in [-0.1, -0.05) is 46.0 Å². The maximum absolute atomic E-state index is 8.74. The lowest BCUT2D eigenvalue weighted by molar-refractivity contribution is 0.227. The molecule has 1 N–H and O–H groups in total. The van der Waals surface area contributed by atoms with Gasteiger partial charge in [-0.25, -0.2) is 0 Å². The molecule has 1 atom stereocenters. The highest BCUT2D eigenvalue weighted by atomic mass is 16.3. The first kappa shape index (κ1) is 11.0. The molecule has 0 spiro atoms. The van der Waals surface area contributed by atoms with Crippen LogP contribution in [0.15, 0.2) is 0 Å². The van der Waals surface area contributed by atoms with Gasteiger partial charge >= 0.3 is 0 Å². The lowest BCUT2D eigenvalue weighted by Gasteiger charge is -2.05. The fraction of sp³-hybridized carbons (Fsp3) is 1.00. The quantitative estimate of drug-likeness (QED) is 0.565. The van der Waals surface area contributed by atoms with Crippen molar-refractivity contribution in [2.24, 2.45) is 5.92 Å². The zero-order chi connectivity index (χ0) is 8.53. The van der Waals surface area contributed by atoms with Crippen LogP contribution in [0.4, 0.5) is 0 Å². The Labute approximate surface area is 70.8 Å². The fourth-order valence-corrected chi connectivity index (χ4v) is 1.19. The van der Waals surface area contributed by atoms with E-state index in [1.165, 1.54) is 38.5 Å². The standard InChI is InChI=1S/C10H22O/c1-3-4-5-6-7-8-10(2)9-11/h10-11H,3-9H2,1-2H3/t10-/m1/s1. The van der Waals surface area contributed by atoms with Crippen molar-refractivity contribution in [1.82, 2.24) is 0 Å². The minimum Gasteiger partial charge on any atom is -0.396 e. The average molecular weight is 158 g/mol. The predicted octanol–water partition coefficient (Wildman–Crippen LogP) is 2.98. The largest absolute Gasteiger partial charge is 0.396 e. The summed E-state index contributed by atoms with van der Waals surface area (Å²) in [5.41, 5.74) is 0. The summed E-state index contributed by atoms with van der Waals surface area (Å²) in [6.45, 7) is 4.70. The molecule has 0 rings (SSSR count). The van der Waals surface area contributed by atoms with Crippen LogP contribution in [-0.2, 0) is 0 Å². The predicted molar refractivity (Wildman–Crippen MR) is 49.6 cm³/mol. The fourth-order valence-electron chi connectivity index (χ4n) is 1.19. The van der Waals surface area contributed by atoms with E-state index in [4.69, 9.17) is 5.11 Å². The van der Waals surface area contributed by atoms with Gasteiger partial charge in [-0.05, 0) is 12.3 Å². The third-order valence-corrected chi connectivity index (χ3v) is 2.11. The molecule has 0 unspecified atom stereocenters. The molecular formula is C10H22O. The summed E-state index contributed by atoms with van der Waals surface area (Å²) in [7, 11) is 0. The van der Waals surface area contributed by atoms with E-state index in [2.05, 4.69) is 13.8 Å². The zero-order valence-corrected chi connectivity index (χ0v) is 7.97. The SMILES string of the molecule is CCCCCCC[C@@H](C)CO. The Kier molecular flexibility index (Phi) is 8.03. The van der Waals surface area contributed by atoms with E-state index < -0.39 is 0 Å². The second-order valence-corrected chi connectivity index (χ2v) is 3.49. The summed E-state index contributed by atoms with van der Waals surface area (Å²) in [6, 6.07) is 0. The van der Waals surface area contributed by atoms with Crippen LogP contribution in [0.25, 0.3) is 0 Å². The molecule has 11 heavy (non-hydrogen) atoms. The first-order valence-corrected chi connectivity index (χ1v) is 4.92. The van der Waals surface area contributed by atoms with Crippen LogP contribution >= 0.6 is 0 Å². The molecule has 0 aromatic heterocycles. The van der Waals surface area contributed by atoms with Crippen LogP contribution in [0.1, 0.15) is 52.4 Å². The van der Waals surface area contributed by atoms with Gasteiger partial charge in [0, 0.05) is 6.61 Å². The van der Waals surface area contributed by atoms with E-state index in [9.17, 15) is 0 Å². The van der Waals surface area contributed by atoms with Gasteiger partial charge in [-0.15, -0.1) is 0 Å². The van der Waals surface area contributed by atoms with Crippen molar-refractivity contribution in [3.05, 3.63) is 0 Å². The topological polar surface area (TPSA) is 20.2 Å². The van der Waals surface area contributed by atoms with Gasteiger partial charge in [0.1, 0.15) is 0 Å². The normalized spacial score (nSPS) is 13.4. The molecule has 0 amide bonds. The van der Waals surface area contributed by atoms with Crippen LogP contribution in [-0.4, -0.2) is 11.7 Å². The first-order chi connectivity index (χ1) is 5.31. The Bertz CT molecular complexity index is 71.3. The molecule has 0 aliphatic heterocycles. The minimum atomic E-state index is 0.355. The van der Waals surface area contributed by atoms with Crippen molar-refractivity contribution in [1.29, 1.82) is 0 Å². The molecule has 1 nitrogen and oxygen atoms in total. The lowest BCUT2D eigenvalue weighted by Crippen LogP contribution is -1.99. The molecule has 0 saturated carbocycles. The second-order valence-electron chi connectivity index (χ2n) is 3.49. The third kappa shape index (κ3) is 7.86. The molecule has 0 aliphatic rings. The van der Waals surface area contributed by atoms with Gasteiger partial charge in [0.25, 0.3) is 0 Å². The van der Waals surface area contributed by atoms with Crippen molar-refractivity contribution >= 4 is 0 Å². The molecule has 0 heterocycles. The van der Waals surface area contributed by atoms with E-state index in [-0.39, 0.29) is 0 Å². The summed E-state index contributed by atoms with van der Waals surface area (Å²) in [4.78, 5) is 0. The van der Waals surface area contributed by atoms with Crippen LogP contribution in [0, 0.1) is 5.92 Å². The Morgan fingerprint density at radius 3 is 2.27 bits per heavy atom. The maximum Gasteiger partial charge on any atom is 0.0456 e. The molecular weight excluding hydrogens is 136 g/mol. The summed E-state index contributed by atoms with van der Waals surface area (Å²) < 4.78 is 0. The van der Waals surface area contributed by atoms with Crippen LogP contribution in [0.5, 0.6) is 0 Å². The Hall–Kier alpha value is -0.0400. The number of hydrogen-bond donors (Lipinski definition) is 1. The van der Waals surface area contributed by atoms with Crippen molar-refractivity contribution < 1.29 is 5.11 Å². The monoisotopic (exact) mass is 158 g/mol. The molecule has 0 fully saturated rings. The summed E-state index contributed by atoms with van der Waals surface area (Å²) in [5.74, 6) is 0.511. The molecule has 1 heteroatoms. The molecule has 0 aromatic carbocycles. The Morgan fingerprint density at radius 1 is 1.09 bits per heavy atom. The number of unbranched alkanes of at least 4 members (excludes halogenated alkanes) is 4. The van der Waals surface area contributed by atoms with Gasteiger partial charge < -0.3 is 5.11 Å². The molecule has 0 bridgehead atoms. The first-order valence-electron chi connectivity index (χ1n) is 4.92. The van der Waals surface area contributed by atoms with Crippen molar-refractivity contribution in [3.63, 3.8) is 0 Å². The highest BCUT2D eigenvalue weighted by Crippen LogP contribution is 2.10. The average Bonchev–Trinajstić information content (AvgIpc) is 2.04. The summed E-state index contributed by atoms with van der Waals surface area (Å²) in [6.07, 6.45) is 7.89. The Balaban J connectivity index is 2.89. The number of aliphatic hydroxyl groups is 1. The molecule has 0 radical (unpaired) electrons. The number of rotatable bonds is 7. The second kappa shape index (κ2) is 8.06. The van der Waals surface area contributed by atoms with Crippen LogP contribution < -0.4 is 0 Å². The summed E-state index contributed by atoms with van der Waals surface area (Å²) in [5, 5.41) is 8.74. The molecule has 0 aliphatic carbocycles. The van der Waals surface area contributed by atoms with Crippen LogP contribution in [0.3, 0.4) is 0 Å². The highest BCUT2D eigenvalue weighted by molar-refractivity contribution is 4.50. The Morgan fingerprint density at radius 2 is 1.73 bits per heavy atom. The minimum absolute atomic E-state index is 0.355. The van der Waals surface area contributed by atoms with Crippen molar-refractivity contribution in [2.75, 3.05) is 6.61 Å². The van der Waals surface area contributed by atoms with Gasteiger partial charge in [-0.3, -0.25) is 0 Å². The van der Waals surface area contributed by atoms with Gasteiger partial charge in [0.05, 0.1) is 0 Å². The number of aliphatic hydroxyl groups excluding tert-OH is 1. The van der Waals surface area contributed by atoms with E-state index >= 15 is 0 Å². The van der Waals surface area contributed by atoms with Gasteiger partial charge in [0.15, 0.2) is 0 Å². The van der Waals surface area contributed by atoms with E-state index in [1.54, 1.807) is 0 Å². The number of hydrogen-bond acceptors (Lipinski definition) is 1. The van der Waals surface area contributed by atoms with Crippen molar-refractivity contribution in [2.45, 2.75) is 52.4 Å². The van der Waals surface area contributed by atoms with Gasteiger partial charge in [-0.2, -0.15) is 0 Å². The molecule has 0 saturated heterocycles. The molecule has 68 valence electrons. The van der Waals surface area contributed by atoms with Crippen LogP contribution in [0.2, 0.25) is 0 Å². The third-order valence-electron chi connectivity index (χ3n) is 2.11. The lowest BCUT2D eigenvalue weighted by atomic mass is 10.0. The maximum atomic E-state index is 8.74. The van der Waals surface area contributed by atoms with E-state index in [0.29, 0.717) is 12.5 Å². The highest BCUT2D eigenvalue weighted by Gasteiger charge is 1.98. The zero-order valence-electron chi connectivity index (χ0n) is 7.97.